The molecule has 2 aliphatic heterocycles. The minimum absolute atomic E-state index is 0.0384. The predicted octanol–water partition coefficient (Wildman–Crippen LogP) is 1.07. The predicted molar refractivity (Wildman–Crippen MR) is 89.9 cm³/mol. The average molecular weight is 333 g/mol. The number of aromatic nitrogens is 1. The van der Waals surface area contributed by atoms with Crippen LogP contribution < -0.4 is 15.5 Å². The summed E-state index contributed by atoms with van der Waals surface area (Å²) >= 11 is 0. The SMILES string of the molecule is O=C(NCC1CCCN(c2ccc([N+](=O)[O-])nc2)C1)C1CCCN1. The van der Waals surface area contributed by atoms with Gasteiger partial charge < -0.3 is 25.6 Å². The zero-order valence-corrected chi connectivity index (χ0v) is 13.6. The van der Waals surface area contributed by atoms with Crippen LogP contribution in [-0.4, -0.2) is 48.0 Å². The minimum atomic E-state index is -0.491. The maximum Gasteiger partial charge on any atom is 0.363 e. The number of nitrogens with zero attached hydrogens (tertiary/aromatic N) is 3. The number of hydrogen-bond acceptors (Lipinski definition) is 6. The summed E-state index contributed by atoms with van der Waals surface area (Å²) in [7, 11) is 0. The summed E-state index contributed by atoms with van der Waals surface area (Å²) in [6.45, 7) is 3.34. The monoisotopic (exact) mass is 333 g/mol. The molecule has 0 radical (unpaired) electrons. The van der Waals surface area contributed by atoms with Gasteiger partial charge in [0.2, 0.25) is 5.91 Å². The number of nitrogens with one attached hydrogen (secondary N) is 2. The molecule has 2 atom stereocenters. The quantitative estimate of drug-likeness (QED) is 0.618. The second-order valence-electron chi connectivity index (χ2n) is 6.48. The molecule has 2 aliphatic rings. The molecule has 0 bridgehead atoms. The number of hydrogen-bond donors (Lipinski definition) is 2. The third-order valence-electron chi connectivity index (χ3n) is 4.75. The fourth-order valence-corrected chi connectivity index (χ4v) is 3.42. The van der Waals surface area contributed by atoms with Crippen LogP contribution >= 0.6 is 0 Å². The summed E-state index contributed by atoms with van der Waals surface area (Å²) in [6.07, 6.45) is 5.65. The second-order valence-corrected chi connectivity index (χ2v) is 6.48. The van der Waals surface area contributed by atoms with Crippen LogP contribution in [0, 0.1) is 16.0 Å². The molecule has 0 saturated carbocycles. The van der Waals surface area contributed by atoms with Gasteiger partial charge in [0, 0.05) is 25.7 Å². The van der Waals surface area contributed by atoms with Crippen molar-refractivity contribution < 1.29 is 9.72 Å². The number of nitro groups is 1. The van der Waals surface area contributed by atoms with Crippen LogP contribution in [0.5, 0.6) is 0 Å². The van der Waals surface area contributed by atoms with Crippen LogP contribution in [0.25, 0.3) is 0 Å². The molecule has 0 aromatic carbocycles. The summed E-state index contributed by atoms with van der Waals surface area (Å²) < 4.78 is 0. The molecular weight excluding hydrogens is 310 g/mol. The Morgan fingerprint density at radius 3 is 2.96 bits per heavy atom. The van der Waals surface area contributed by atoms with E-state index in [0.717, 1.165) is 51.0 Å². The van der Waals surface area contributed by atoms with E-state index in [1.807, 2.05) is 0 Å². The van der Waals surface area contributed by atoms with E-state index in [4.69, 9.17) is 0 Å². The van der Waals surface area contributed by atoms with Crippen LogP contribution in [0.15, 0.2) is 18.3 Å². The van der Waals surface area contributed by atoms with Gasteiger partial charge in [0.15, 0.2) is 6.20 Å². The van der Waals surface area contributed by atoms with E-state index in [1.165, 1.54) is 6.07 Å². The lowest BCUT2D eigenvalue weighted by Gasteiger charge is -2.34. The lowest BCUT2D eigenvalue weighted by molar-refractivity contribution is -0.389. The Bertz CT molecular complexity index is 586. The number of carbonyl (C=O) groups excluding carboxylic acids is 1. The summed E-state index contributed by atoms with van der Waals surface area (Å²) in [4.78, 5) is 28.3. The van der Waals surface area contributed by atoms with Crippen LogP contribution in [0.2, 0.25) is 0 Å². The lowest BCUT2D eigenvalue weighted by Crippen LogP contribution is -2.45. The summed E-state index contributed by atoms with van der Waals surface area (Å²) in [5.74, 6) is 0.351. The van der Waals surface area contributed by atoms with Crippen molar-refractivity contribution in [2.45, 2.75) is 31.7 Å². The van der Waals surface area contributed by atoms with Crippen LogP contribution in [-0.2, 0) is 4.79 Å². The Morgan fingerprint density at radius 1 is 1.42 bits per heavy atom. The molecule has 8 heteroatoms. The number of carbonyl (C=O) groups is 1. The first-order valence-corrected chi connectivity index (χ1v) is 8.50. The lowest BCUT2D eigenvalue weighted by atomic mass is 9.97. The molecule has 130 valence electrons. The van der Waals surface area contributed by atoms with E-state index in [2.05, 4.69) is 20.5 Å². The highest BCUT2D eigenvalue weighted by molar-refractivity contribution is 5.82. The van der Waals surface area contributed by atoms with Crippen molar-refractivity contribution in [1.82, 2.24) is 15.6 Å². The largest absolute Gasteiger partial charge is 0.368 e. The van der Waals surface area contributed by atoms with Crippen molar-refractivity contribution in [3.63, 3.8) is 0 Å². The first-order valence-electron chi connectivity index (χ1n) is 8.50. The third-order valence-corrected chi connectivity index (χ3v) is 4.75. The Morgan fingerprint density at radius 2 is 2.29 bits per heavy atom. The standard InChI is InChI=1S/C16H23N5O3/c22-16(14-4-1-7-17-14)19-9-12-3-2-8-20(11-12)13-5-6-15(18-10-13)21(23)24/h5-6,10,12,14,17H,1-4,7-9,11H2,(H,19,22). The summed E-state index contributed by atoms with van der Waals surface area (Å²) in [5, 5.41) is 16.9. The number of rotatable bonds is 5. The fourth-order valence-electron chi connectivity index (χ4n) is 3.42. The van der Waals surface area contributed by atoms with Gasteiger partial charge in [-0.3, -0.25) is 4.79 Å². The van der Waals surface area contributed by atoms with Crippen molar-refractivity contribution >= 4 is 17.4 Å². The maximum absolute atomic E-state index is 12.1. The van der Waals surface area contributed by atoms with Crippen molar-refractivity contribution in [1.29, 1.82) is 0 Å². The fraction of sp³-hybridized carbons (Fsp3) is 0.625. The van der Waals surface area contributed by atoms with E-state index < -0.39 is 4.92 Å². The normalized spacial score (nSPS) is 23.9. The van der Waals surface area contributed by atoms with E-state index in [0.29, 0.717) is 12.5 Å². The van der Waals surface area contributed by atoms with Crippen molar-refractivity contribution in [3.05, 3.63) is 28.4 Å². The number of amides is 1. The molecule has 1 aromatic heterocycles. The Balaban J connectivity index is 1.52. The van der Waals surface area contributed by atoms with Crippen LogP contribution in [0.3, 0.4) is 0 Å². The summed E-state index contributed by atoms with van der Waals surface area (Å²) in [6, 6.07) is 3.14. The van der Waals surface area contributed by atoms with Gasteiger partial charge in [-0.15, -0.1) is 0 Å². The van der Waals surface area contributed by atoms with Gasteiger partial charge in [-0.1, -0.05) is 0 Å². The molecule has 2 N–H and O–H groups in total. The van der Waals surface area contributed by atoms with Gasteiger partial charge in [-0.25, -0.2) is 0 Å². The number of piperidine rings is 1. The molecule has 8 nitrogen and oxygen atoms in total. The van der Waals surface area contributed by atoms with Gasteiger partial charge in [-0.05, 0) is 54.1 Å². The molecule has 0 aliphatic carbocycles. The molecule has 2 fully saturated rings. The first kappa shape index (κ1) is 16.6. The Kier molecular flexibility index (Phi) is 5.24. The highest BCUT2D eigenvalue weighted by atomic mass is 16.6. The van der Waals surface area contributed by atoms with E-state index >= 15 is 0 Å². The number of pyridine rings is 1. The Hall–Kier alpha value is -2.22. The second kappa shape index (κ2) is 7.57. The van der Waals surface area contributed by atoms with E-state index in [9.17, 15) is 14.9 Å². The topological polar surface area (TPSA) is 100 Å². The van der Waals surface area contributed by atoms with Gasteiger partial charge in [-0.2, -0.15) is 0 Å². The zero-order chi connectivity index (χ0) is 16.9. The molecule has 1 aromatic rings. The van der Waals surface area contributed by atoms with Gasteiger partial charge in [0.1, 0.15) is 0 Å². The molecule has 1 amide bonds. The van der Waals surface area contributed by atoms with Gasteiger partial charge in [0.05, 0.1) is 11.7 Å². The van der Waals surface area contributed by atoms with Crippen LogP contribution in [0.1, 0.15) is 25.7 Å². The molecular formula is C16H23N5O3. The molecule has 0 spiro atoms. The van der Waals surface area contributed by atoms with E-state index in [-0.39, 0.29) is 17.8 Å². The van der Waals surface area contributed by atoms with Crippen LogP contribution in [0.4, 0.5) is 11.5 Å². The zero-order valence-electron chi connectivity index (χ0n) is 13.6. The molecule has 24 heavy (non-hydrogen) atoms. The Labute approximate surface area is 140 Å². The third kappa shape index (κ3) is 4.00. The highest BCUT2D eigenvalue weighted by Crippen LogP contribution is 2.23. The molecule has 3 rings (SSSR count). The summed E-state index contributed by atoms with van der Waals surface area (Å²) in [5.41, 5.74) is 0.897. The highest BCUT2D eigenvalue weighted by Gasteiger charge is 2.25. The first-order chi connectivity index (χ1) is 11.6. The van der Waals surface area contributed by atoms with Crippen molar-refractivity contribution in [2.75, 3.05) is 31.1 Å². The minimum Gasteiger partial charge on any atom is -0.368 e. The van der Waals surface area contributed by atoms with Gasteiger partial charge in [0.25, 0.3) is 0 Å². The van der Waals surface area contributed by atoms with Gasteiger partial charge >= 0.3 is 5.82 Å². The van der Waals surface area contributed by atoms with Crippen molar-refractivity contribution in [3.8, 4) is 0 Å². The average Bonchev–Trinajstić information content (AvgIpc) is 3.15. The smallest absolute Gasteiger partial charge is 0.363 e. The maximum atomic E-state index is 12.1. The number of anilines is 1. The van der Waals surface area contributed by atoms with Crippen molar-refractivity contribution in [2.24, 2.45) is 5.92 Å². The van der Waals surface area contributed by atoms with E-state index in [1.54, 1.807) is 12.3 Å². The molecule has 2 unspecified atom stereocenters. The molecule has 3 heterocycles. The molecule has 2 saturated heterocycles.